The Bertz CT molecular complexity index is 590. The molecule has 0 saturated carbocycles. The maximum atomic E-state index is 12.3. The van der Waals surface area contributed by atoms with Crippen molar-refractivity contribution in [1.29, 1.82) is 0 Å². The van der Waals surface area contributed by atoms with E-state index in [0.29, 0.717) is 16.8 Å². The number of ether oxygens (including phenoxy) is 1. The smallest absolute Gasteiger partial charge is 0.338 e. The van der Waals surface area contributed by atoms with E-state index in [9.17, 15) is 14.7 Å². The van der Waals surface area contributed by atoms with Crippen LogP contribution < -0.4 is 10.6 Å². The van der Waals surface area contributed by atoms with E-state index in [1.165, 1.54) is 12.1 Å². The number of hydrogen-bond acceptors (Lipinski definition) is 4. The monoisotopic (exact) mass is 290 g/mol. The second-order valence-corrected chi connectivity index (χ2v) is 5.12. The second kappa shape index (κ2) is 5.87. The third-order valence-corrected chi connectivity index (χ3v) is 3.06. The summed E-state index contributed by atoms with van der Waals surface area (Å²) in [7, 11) is 0. The summed E-state index contributed by atoms with van der Waals surface area (Å²) in [5.41, 5.74) is 1.51. The van der Waals surface area contributed by atoms with Gasteiger partial charge in [0.05, 0.1) is 17.7 Å². The minimum absolute atomic E-state index is 0.117. The standard InChI is InChI=1S/C15H18N2O4/c1-8(2)21-14(19)12-9(3)16-15(20)17-13(12)10-4-6-11(18)7-5-10/h4-8,13,18H,1-3H3,(H2,16,17,20)/t13-/m1/s1. The Hall–Kier alpha value is -2.50. The van der Waals surface area contributed by atoms with E-state index in [2.05, 4.69) is 10.6 Å². The Labute approximate surface area is 122 Å². The van der Waals surface area contributed by atoms with Gasteiger partial charge in [0.1, 0.15) is 5.75 Å². The van der Waals surface area contributed by atoms with Gasteiger partial charge >= 0.3 is 12.0 Å². The first-order valence-electron chi connectivity index (χ1n) is 6.66. The molecule has 1 aromatic carbocycles. The van der Waals surface area contributed by atoms with Gasteiger partial charge in [0.15, 0.2) is 0 Å². The molecule has 1 heterocycles. The Balaban J connectivity index is 2.40. The van der Waals surface area contributed by atoms with Crippen LogP contribution in [0.3, 0.4) is 0 Å². The molecule has 0 saturated heterocycles. The van der Waals surface area contributed by atoms with E-state index in [1.807, 2.05) is 0 Å². The number of phenols is 1. The topological polar surface area (TPSA) is 87.7 Å². The highest BCUT2D eigenvalue weighted by molar-refractivity contribution is 5.95. The van der Waals surface area contributed by atoms with Crippen molar-refractivity contribution in [3.8, 4) is 5.75 Å². The molecule has 3 N–H and O–H groups in total. The first-order valence-corrected chi connectivity index (χ1v) is 6.66. The zero-order valence-corrected chi connectivity index (χ0v) is 12.1. The molecule has 2 amide bonds. The quantitative estimate of drug-likeness (QED) is 0.743. The summed E-state index contributed by atoms with van der Waals surface area (Å²) in [6.45, 7) is 5.18. The van der Waals surface area contributed by atoms with E-state index < -0.39 is 12.0 Å². The summed E-state index contributed by atoms with van der Waals surface area (Å²) in [4.78, 5) is 23.9. The van der Waals surface area contributed by atoms with E-state index in [-0.39, 0.29) is 17.9 Å². The average molecular weight is 290 g/mol. The van der Waals surface area contributed by atoms with Crippen molar-refractivity contribution < 1.29 is 19.4 Å². The summed E-state index contributed by atoms with van der Waals surface area (Å²) >= 11 is 0. The maximum absolute atomic E-state index is 12.3. The molecule has 0 aromatic heterocycles. The molecule has 0 fully saturated rings. The largest absolute Gasteiger partial charge is 0.508 e. The fourth-order valence-electron chi connectivity index (χ4n) is 2.16. The first-order chi connectivity index (χ1) is 9.88. The number of amides is 2. The van der Waals surface area contributed by atoms with Crippen LogP contribution in [0.15, 0.2) is 35.5 Å². The van der Waals surface area contributed by atoms with Gasteiger partial charge in [0.25, 0.3) is 0 Å². The van der Waals surface area contributed by atoms with E-state index in [0.717, 1.165) is 0 Å². The van der Waals surface area contributed by atoms with Crippen molar-refractivity contribution >= 4 is 12.0 Å². The number of carbonyl (C=O) groups excluding carboxylic acids is 2. The fourth-order valence-corrected chi connectivity index (χ4v) is 2.16. The van der Waals surface area contributed by atoms with Gasteiger partial charge in [-0.2, -0.15) is 0 Å². The molecule has 0 unspecified atom stereocenters. The summed E-state index contributed by atoms with van der Waals surface area (Å²) in [5, 5.41) is 14.6. The fraction of sp³-hybridized carbons (Fsp3) is 0.333. The number of allylic oxidation sites excluding steroid dienone is 1. The van der Waals surface area contributed by atoms with Gasteiger partial charge in [-0.3, -0.25) is 0 Å². The summed E-state index contributed by atoms with van der Waals surface area (Å²) in [6.07, 6.45) is -0.254. The van der Waals surface area contributed by atoms with Gasteiger partial charge < -0.3 is 20.5 Å². The van der Waals surface area contributed by atoms with Crippen LogP contribution in [0.5, 0.6) is 5.75 Å². The highest BCUT2D eigenvalue weighted by Gasteiger charge is 2.32. The molecule has 2 rings (SSSR count). The van der Waals surface area contributed by atoms with Gasteiger partial charge in [0.2, 0.25) is 0 Å². The number of urea groups is 1. The van der Waals surface area contributed by atoms with Crippen molar-refractivity contribution in [2.75, 3.05) is 0 Å². The molecule has 6 nitrogen and oxygen atoms in total. The molecule has 0 spiro atoms. The predicted octanol–water partition coefficient (Wildman–Crippen LogP) is 1.97. The molecule has 0 aliphatic carbocycles. The molecule has 1 aromatic rings. The number of phenolic OH excluding ortho intramolecular Hbond substituents is 1. The number of rotatable bonds is 3. The summed E-state index contributed by atoms with van der Waals surface area (Å²) in [5.74, 6) is -0.362. The molecular formula is C15H18N2O4. The van der Waals surface area contributed by atoms with Crippen LogP contribution in [0.4, 0.5) is 4.79 Å². The van der Waals surface area contributed by atoms with Gasteiger partial charge in [-0.15, -0.1) is 0 Å². The third-order valence-electron chi connectivity index (χ3n) is 3.06. The number of esters is 1. The van der Waals surface area contributed by atoms with Crippen LogP contribution in [0.2, 0.25) is 0 Å². The van der Waals surface area contributed by atoms with Gasteiger partial charge in [0, 0.05) is 5.70 Å². The van der Waals surface area contributed by atoms with Gasteiger partial charge in [-0.05, 0) is 38.5 Å². The number of nitrogens with one attached hydrogen (secondary N) is 2. The Kier molecular flexibility index (Phi) is 4.16. The molecule has 1 aliphatic rings. The lowest BCUT2D eigenvalue weighted by Gasteiger charge is -2.28. The lowest BCUT2D eigenvalue weighted by Crippen LogP contribution is -2.45. The Morgan fingerprint density at radius 1 is 1.29 bits per heavy atom. The highest BCUT2D eigenvalue weighted by Crippen LogP contribution is 2.28. The van der Waals surface area contributed by atoms with Crippen molar-refractivity contribution in [3.05, 3.63) is 41.1 Å². The van der Waals surface area contributed by atoms with Crippen LogP contribution in [0.25, 0.3) is 0 Å². The van der Waals surface area contributed by atoms with Crippen LogP contribution in [0, 0.1) is 0 Å². The maximum Gasteiger partial charge on any atom is 0.338 e. The molecule has 1 aliphatic heterocycles. The number of benzene rings is 1. The van der Waals surface area contributed by atoms with Crippen molar-refractivity contribution in [2.24, 2.45) is 0 Å². The first kappa shape index (κ1) is 14.9. The second-order valence-electron chi connectivity index (χ2n) is 5.12. The minimum atomic E-state index is -0.606. The molecule has 6 heteroatoms. The van der Waals surface area contributed by atoms with E-state index >= 15 is 0 Å². The van der Waals surface area contributed by atoms with Crippen LogP contribution in [-0.2, 0) is 9.53 Å². The van der Waals surface area contributed by atoms with Gasteiger partial charge in [-0.25, -0.2) is 9.59 Å². The van der Waals surface area contributed by atoms with Crippen molar-refractivity contribution in [2.45, 2.75) is 32.9 Å². The lowest BCUT2D eigenvalue weighted by molar-refractivity contribution is -0.143. The molecule has 0 bridgehead atoms. The van der Waals surface area contributed by atoms with E-state index in [4.69, 9.17) is 4.74 Å². The van der Waals surface area contributed by atoms with Crippen LogP contribution in [-0.4, -0.2) is 23.2 Å². The predicted molar refractivity (Wildman–Crippen MR) is 76.4 cm³/mol. The van der Waals surface area contributed by atoms with Gasteiger partial charge in [-0.1, -0.05) is 12.1 Å². The highest BCUT2D eigenvalue weighted by atomic mass is 16.5. The third kappa shape index (κ3) is 3.34. The molecule has 1 atom stereocenters. The number of hydrogen-bond donors (Lipinski definition) is 3. The number of carbonyl (C=O) groups is 2. The normalized spacial score (nSPS) is 18.3. The van der Waals surface area contributed by atoms with Crippen molar-refractivity contribution in [1.82, 2.24) is 10.6 Å². The Morgan fingerprint density at radius 3 is 2.48 bits per heavy atom. The average Bonchev–Trinajstić information content (AvgIpc) is 2.37. The van der Waals surface area contributed by atoms with Crippen LogP contribution >= 0.6 is 0 Å². The molecule has 112 valence electrons. The molecule has 21 heavy (non-hydrogen) atoms. The summed E-state index contributed by atoms with van der Waals surface area (Å²) < 4.78 is 5.23. The SMILES string of the molecule is CC1=C(C(=O)OC(C)C)[C@@H](c2ccc(O)cc2)NC(=O)N1. The van der Waals surface area contributed by atoms with Crippen molar-refractivity contribution in [3.63, 3.8) is 0 Å². The van der Waals surface area contributed by atoms with Crippen LogP contribution in [0.1, 0.15) is 32.4 Å². The zero-order chi connectivity index (χ0) is 15.6. The van der Waals surface area contributed by atoms with E-state index in [1.54, 1.807) is 32.9 Å². The number of aromatic hydroxyl groups is 1. The lowest BCUT2D eigenvalue weighted by atomic mass is 9.95. The Morgan fingerprint density at radius 2 is 1.90 bits per heavy atom. The summed E-state index contributed by atoms with van der Waals surface area (Å²) in [6, 6.07) is 5.33. The molecular weight excluding hydrogens is 272 g/mol. The minimum Gasteiger partial charge on any atom is -0.508 e. The molecule has 0 radical (unpaired) electrons. The zero-order valence-electron chi connectivity index (χ0n) is 12.1.